The van der Waals surface area contributed by atoms with Gasteiger partial charge in [-0.1, -0.05) is 24.3 Å². The van der Waals surface area contributed by atoms with E-state index in [2.05, 4.69) is 53.8 Å². The number of hydrogen-bond donors (Lipinski definition) is 4. The van der Waals surface area contributed by atoms with Crippen LogP contribution in [0.4, 0.5) is 11.9 Å². The zero-order chi connectivity index (χ0) is 21.0. The number of hydrogen-bond acceptors (Lipinski definition) is 5. The lowest BCUT2D eigenvalue weighted by molar-refractivity contribution is 0.102. The van der Waals surface area contributed by atoms with Crippen LogP contribution in [0.5, 0.6) is 0 Å². The van der Waals surface area contributed by atoms with Gasteiger partial charge in [0.1, 0.15) is 5.52 Å². The van der Waals surface area contributed by atoms with Gasteiger partial charge in [0.2, 0.25) is 11.9 Å². The Labute approximate surface area is 177 Å². The van der Waals surface area contributed by atoms with Gasteiger partial charge in [-0.2, -0.15) is 0 Å². The molecule has 0 unspecified atom stereocenters. The van der Waals surface area contributed by atoms with Crippen molar-refractivity contribution in [2.24, 2.45) is 0 Å². The summed E-state index contributed by atoms with van der Waals surface area (Å²) in [6.45, 7) is 0.590. The molecule has 0 spiro atoms. The minimum atomic E-state index is -0.274. The lowest BCUT2D eigenvalue weighted by Gasteiger charge is -2.06. The van der Waals surface area contributed by atoms with Gasteiger partial charge >= 0.3 is 0 Å². The van der Waals surface area contributed by atoms with Gasteiger partial charge in [-0.3, -0.25) is 15.1 Å². The molecule has 4 N–H and O–H groups in total. The Morgan fingerprint density at radius 1 is 0.935 bits per heavy atom. The Balaban J connectivity index is 1.34. The molecule has 3 heterocycles. The maximum absolute atomic E-state index is 12.6. The van der Waals surface area contributed by atoms with Gasteiger partial charge in [-0.05, 0) is 47.0 Å². The smallest absolute Gasteiger partial charge is 0.260 e. The summed E-state index contributed by atoms with van der Waals surface area (Å²) in [6, 6.07) is 17.7. The highest BCUT2D eigenvalue weighted by Gasteiger charge is 2.14. The van der Waals surface area contributed by atoms with Gasteiger partial charge in [-0.15, -0.1) is 0 Å². The number of nitrogens with one attached hydrogen (secondary N) is 4. The highest BCUT2D eigenvalue weighted by atomic mass is 16.1. The van der Waals surface area contributed by atoms with E-state index in [1.165, 1.54) is 0 Å². The molecule has 0 saturated carbocycles. The second-order valence-corrected chi connectivity index (χ2v) is 6.97. The minimum Gasteiger partial charge on any atom is -0.352 e. The molecule has 0 atom stereocenters. The normalized spacial score (nSPS) is 10.8. The second-order valence-electron chi connectivity index (χ2n) is 6.97. The zero-order valence-corrected chi connectivity index (χ0v) is 16.5. The third kappa shape index (κ3) is 3.99. The zero-order valence-electron chi connectivity index (χ0n) is 16.5. The summed E-state index contributed by atoms with van der Waals surface area (Å²) in [5.74, 6) is 0.719. The monoisotopic (exact) mass is 409 g/mol. The number of carbonyl (C=O) groups is 1. The van der Waals surface area contributed by atoms with E-state index in [1.807, 2.05) is 30.3 Å². The molecule has 31 heavy (non-hydrogen) atoms. The number of imidazole rings is 2. The number of pyridine rings is 1. The van der Waals surface area contributed by atoms with Crippen molar-refractivity contribution >= 4 is 28.8 Å². The average Bonchev–Trinajstić information content (AvgIpc) is 3.47. The second kappa shape index (κ2) is 8.11. The number of nitrogens with zero attached hydrogens (tertiary/aromatic N) is 3. The van der Waals surface area contributed by atoms with Crippen molar-refractivity contribution in [3.05, 3.63) is 90.5 Å². The van der Waals surface area contributed by atoms with Crippen LogP contribution in [0.1, 0.15) is 15.9 Å². The number of aromatic nitrogens is 5. The van der Waals surface area contributed by atoms with Gasteiger partial charge in [0.25, 0.3) is 5.91 Å². The van der Waals surface area contributed by atoms with Gasteiger partial charge in [0, 0.05) is 31.3 Å². The molecule has 5 aromatic rings. The molecule has 2 aromatic carbocycles. The Morgan fingerprint density at radius 3 is 2.65 bits per heavy atom. The number of amides is 1. The van der Waals surface area contributed by atoms with E-state index in [-0.39, 0.29) is 5.91 Å². The predicted molar refractivity (Wildman–Crippen MR) is 120 cm³/mol. The highest BCUT2D eigenvalue weighted by Crippen LogP contribution is 2.22. The van der Waals surface area contributed by atoms with E-state index in [4.69, 9.17) is 0 Å². The first-order valence-corrected chi connectivity index (χ1v) is 9.79. The number of fused-ring (bicyclic) bond motifs is 1. The lowest BCUT2D eigenvalue weighted by Crippen LogP contribution is -2.13. The number of aromatic amines is 2. The first-order valence-electron chi connectivity index (χ1n) is 9.79. The topological polar surface area (TPSA) is 111 Å². The molecular weight excluding hydrogens is 390 g/mol. The summed E-state index contributed by atoms with van der Waals surface area (Å²) in [6.07, 6.45) is 6.80. The summed E-state index contributed by atoms with van der Waals surface area (Å²) < 4.78 is 0. The Bertz CT molecular complexity index is 1330. The Kier molecular flexibility index (Phi) is 4.86. The van der Waals surface area contributed by atoms with E-state index in [0.29, 0.717) is 29.5 Å². The van der Waals surface area contributed by atoms with E-state index in [1.54, 1.807) is 30.9 Å². The van der Waals surface area contributed by atoms with Crippen molar-refractivity contribution in [1.82, 2.24) is 24.9 Å². The van der Waals surface area contributed by atoms with Crippen LogP contribution in [0.2, 0.25) is 0 Å². The molecule has 0 aliphatic heterocycles. The molecular formula is C23H19N7O. The fourth-order valence-corrected chi connectivity index (χ4v) is 3.40. The molecule has 0 aliphatic carbocycles. The summed E-state index contributed by atoms with van der Waals surface area (Å²) in [7, 11) is 0. The largest absolute Gasteiger partial charge is 0.352 e. The maximum atomic E-state index is 12.6. The third-order valence-electron chi connectivity index (χ3n) is 4.89. The van der Waals surface area contributed by atoms with Crippen molar-refractivity contribution in [2.75, 3.05) is 10.6 Å². The van der Waals surface area contributed by atoms with Crippen LogP contribution >= 0.6 is 0 Å². The Hall–Kier alpha value is -4.46. The standard InChI is InChI=1S/C23H19N7O/c31-21(30-22-25-11-12-26-22)18-5-2-6-19-20(18)29-23(28-19)27-14-15-3-1-4-17(13-15)16-7-9-24-10-8-16/h1-13H,14H2,(H2,27,28,29)(H2,25,26,30,31). The molecule has 3 aromatic heterocycles. The maximum Gasteiger partial charge on any atom is 0.260 e. The van der Waals surface area contributed by atoms with Crippen molar-refractivity contribution in [3.8, 4) is 11.1 Å². The van der Waals surface area contributed by atoms with Crippen LogP contribution in [0.15, 0.2) is 79.4 Å². The predicted octanol–water partition coefficient (Wildman–Crippen LogP) is 4.21. The molecule has 152 valence electrons. The molecule has 0 bridgehead atoms. The summed E-state index contributed by atoms with van der Waals surface area (Å²) >= 11 is 0. The van der Waals surface area contributed by atoms with Crippen LogP contribution in [0, 0.1) is 0 Å². The summed E-state index contributed by atoms with van der Waals surface area (Å²) in [4.78, 5) is 31.4. The van der Waals surface area contributed by atoms with Gasteiger partial charge in [-0.25, -0.2) is 9.97 Å². The van der Waals surface area contributed by atoms with Crippen LogP contribution < -0.4 is 10.6 Å². The number of benzene rings is 2. The van der Waals surface area contributed by atoms with E-state index in [9.17, 15) is 4.79 Å². The fraction of sp³-hybridized carbons (Fsp3) is 0.0435. The van der Waals surface area contributed by atoms with Gasteiger partial charge in [0.15, 0.2) is 0 Å². The molecule has 8 heteroatoms. The molecule has 5 rings (SSSR count). The molecule has 0 aliphatic rings. The highest BCUT2D eigenvalue weighted by molar-refractivity contribution is 6.11. The SMILES string of the molecule is O=C(Nc1ncc[nH]1)c1cccc2[nH]c(NCc3cccc(-c4ccncc4)c3)nc12. The van der Waals surface area contributed by atoms with Crippen LogP contribution in [-0.2, 0) is 6.54 Å². The molecule has 0 radical (unpaired) electrons. The molecule has 8 nitrogen and oxygen atoms in total. The third-order valence-corrected chi connectivity index (χ3v) is 4.89. The van der Waals surface area contributed by atoms with Crippen molar-refractivity contribution in [1.29, 1.82) is 0 Å². The van der Waals surface area contributed by atoms with E-state index < -0.39 is 0 Å². The van der Waals surface area contributed by atoms with Crippen LogP contribution in [0.25, 0.3) is 22.2 Å². The number of anilines is 2. The quantitative estimate of drug-likeness (QED) is 0.336. The Morgan fingerprint density at radius 2 is 1.81 bits per heavy atom. The minimum absolute atomic E-state index is 0.274. The van der Waals surface area contributed by atoms with E-state index in [0.717, 1.165) is 22.2 Å². The van der Waals surface area contributed by atoms with Crippen molar-refractivity contribution in [2.45, 2.75) is 6.54 Å². The van der Waals surface area contributed by atoms with Gasteiger partial charge < -0.3 is 15.3 Å². The molecule has 1 amide bonds. The van der Waals surface area contributed by atoms with Crippen LogP contribution in [-0.4, -0.2) is 30.8 Å². The number of H-pyrrole nitrogens is 2. The summed E-state index contributed by atoms with van der Waals surface area (Å²) in [5, 5.41) is 6.05. The first kappa shape index (κ1) is 18.6. The number of rotatable bonds is 6. The van der Waals surface area contributed by atoms with Crippen LogP contribution in [0.3, 0.4) is 0 Å². The molecule has 0 saturated heterocycles. The summed E-state index contributed by atoms with van der Waals surface area (Å²) in [5.41, 5.74) is 5.21. The first-order chi connectivity index (χ1) is 15.3. The molecule has 0 fully saturated rings. The number of carbonyl (C=O) groups excluding carboxylic acids is 1. The van der Waals surface area contributed by atoms with Crippen molar-refractivity contribution in [3.63, 3.8) is 0 Å². The average molecular weight is 409 g/mol. The van der Waals surface area contributed by atoms with E-state index >= 15 is 0 Å². The fourth-order valence-electron chi connectivity index (χ4n) is 3.40. The van der Waals surface area contributed by atoms with Crippen molar-refractivity contribution < 1.29 is 4.79 Å². The van der Waals surface area contributed by atoms with Gasteiger partial charge in [0.05, 0.1) is 11.1 Å². The lowest BCUT2D eigenvalue weighted by atomic mass is 10.0. The number of para-hydroxylation sites is 1.